The topological polar surface area (TPSA) is 48.0 Å². The number of methoxy groups -OCH3 is 2. The Morgan fingerprint density at radius 3 is 2.61 bits per heavy atom. The highest BCUT2D eigenvalue weighted by Crippen LogP contribution is 2.40. The minimum absolute atomic E-state index is 0.146. The van der Waals surface area contributed by atoms with Gasteiger partial charge >= 0.3 is 0 Å². The van der Waals surface area contributed by atoms with Crippen LogP contribution < -0.4 is 19.1 Å². The second kappa shape index (κ2) is 8.83. The van der Waals surface area contributed by atoms with Crippen molar-refractivity contribution in [3.8, 4) is 29.6 Å². The van der Waals surface area contributed by atoms with Gasteiger partial charge in [-0.2, -0.15) is 0 Å². The van der Waals surface area contributed by atoms with Crippen molar-refractivity contribution in [3.05, 3.63) is 52.9 Å². The summed E-state index contributed by atoms with van der Waals surface area (Å²) in [4.78, 5) is 15.0. The van der Waals surface area contributed by atoms with Gasteiger partial charge in [-0.05, 0) is 35.9 Å². The maximum atomic E-state index is 13.0. The number of rotatable bonds is 6. The maximum absolute atomic E-state index is 13.0. The second-order valence-corrected chi connectivity index (χ2v) is 7.27. The van der Waals surface area contributed by atoms with Crippen LogP contribution >= 0.6 is 24.0 Å². The quantitative estimate of drug-likeness (QED) is 0.405. The Morgan fingerprint density at radius 2 is 1.89 bits per heavy atom. The standard InChI is InChI=1S/C21H17NO4S2/c1-4-11-26-17-10-9-14(12-18(17)25-3)13-19-20(23)22(21(27)28-19)15-7-5-6-8-16(15)24-2/h1,5-10,12-13H,11H2,2-3H3/b19-13-. The van der Waals surface area contributed by atoms with Gasteiger partial charge in [-0.25, -0.2) is 0 Å². The summed E-state index contributed by atoms with van der Waals surface area (Å²) >= 11 is 6.66. The highest BCUT2D eigenvalue weighted by atomic mass is 32.2. The van der Waals surface area contributed by atoms with Crippen LogP contribution in [0.5, 0.6) is 17.2 Å². The van der Waals surface area contributed by atoms with E-state index in [9.17, 15) is 4.79 Å². The van der Waals surface area contributed by atoms with Crippen LogP contribution in [0.1, 0.15) is 5.56 Å². The van der Waals surface area contributed by atoms with E-state index in [-0.39, 0.29) is 12.5 Å². The fourth-order valence-electron chi connectivity index (χ4n) is 2.65. The van der Waals surface area contributed by atoms with Gasteiger partial charge in [-0.3, -0.25) is 9.69 Å². The monoisotopic (exact) mass is 411 g/mol. The number of para-hydroxylation sites is 2. The van der Waals surface area contributed by atoms with Crippen LogP contribution in [0.3, 0.4) is 0 Å². The number of nitrogens with zero attached hydrogens (tertiary/aromatic N) is 1. The Kier molecular flexibility index (Phi) is 6.24. The normalized spacial score (nSPS) is 14.9. The second-order valence-electron chi connectivity index (χ2n) is 5.59. The average Bonchev–Trinajstić information content (AvgIpc) is 2.99. The van der Waals surface area contributed by atoms with Crippen molar-refractivity contribution in [2.24, 2.45) is 0 Å². The fraction of sp³-hybridized carbons (Fsp3) is 0.143. The number of carbonyl (C=O) groups excluding carboxylic acids is 1. The first kappa shape index (κ1) is 19.8. The number of terminal acetylenes is 1. The molecule has 0 aliphatic carbocycles. The smallest absolute Gasteiger partial charge is 0.270 e. The minimum Gasteiger partial charge on any atom is -0.495 e. The molecule has 5 nitrogen and oxygen atoms in total. The van der Waals surface area contributed by atoms with Gasteiger partial charge in [0.25, 0.3) is 5.91 Å². The van der Waals surface area contributed by atoms with Crippen molar-refractivity contribution in [2.75, 3.05) is 25.7 Å². The van der Waals surface area contributed by atoms with E-state index in [1.165, 1.54) is 16.7 Å². The molecule has 1 fully saturated rings. The molecule has 1 heterocycles. The molecule has 0 unspecified atom stereocenters. The molecule has 3 rings (SSSR count). The van der Waals surface area contributed by atoms with Crippen LogP contribution in [0.4, 0.5) is 5.69 Å². The summed E-state index contributed by atoms with van der Waals surface area (Å²) in [6.07, 6.45) is 6.99. The first-order valence-corrected chi connectivity index (χ1v) is 9.46. The number of thioether (sulfide) groups is 1. The SMILES string of the molecule is C#CCOc1ccc(/C=C2\SC(=S)N(c3ccccc3OC)C2=O)cc1OC. The van der Waals surface area contributed by atoms with Gasteiger partial charge in [0, 0.05) is 0 Å². The summed E-state index contributed by atoms with van der Waals surface area (Å²) in [5.74, 6) is 3.86. The molecule has 28 heavy (non-hydrogen) atoms. The Balaban J connectivity index is 1.91. The van der Waals surface area contributed by atoms with Crippen molar-refractivity contribution in [3.63, 3.8) is 0 Å². The number of anilines is 1. The van der Waals surface area contributed by atoms with Crippen LogP contribution in [0, 0.1) is 12.3 Å². The molecule has 0 saturated carbocycles. The van der Waals surface area contributed by atoms with Crippen molar-refractivity contribution in [1.82, 2.24) is 0 Å². The predicted molar refractivity (Wildman–Crippen MR) is 116 cm³/mol. The van der Waals surface area contributed by atoms with Crippen molar-refractivity contribution in [2.45, 2.75) is 0 Å². The first-order chi connectivity index (χ1) is 13.6. The fourth-order valence-corrected chi connectivity index (χ4v) is 3.94. The van der Waals surface area contributed by atoms with Crippen molar-refractivity contribution >= 4 is 46.0 Å². The van der Waals surface area contributed by atoms with Crippen LogP contribution in [0.25, 0.3) is 6.08 Å². The van der Waals surface area contributed by atoms with E-state index in [1.54, 1.807) is 44.6 Å². The Bertz CT molecular complexity index is 994. The van der Waals surface area contributed by atoms with Gasteiger partial charge < -0.3 is 14.2 Å². The van der Waals surface area contributed by atoms with Crippen molar-refractivity contribution in [1.29, 1.82) is 0 Å². The molecular formula is C21H17NO4S2. The minimum atomic E-state index is -0.203. The van der Waals surface area contributed by atoms with Gasteiger partial charge in [0.1, 0.15) is 12.4 Å². The third-order valence-electron chi connectivity index (χ3n) is 3.92. The zero-order valence-electron chi connectivity index (χ0n) is 15.3. The molecule has 0 radical (unpaired) electrons. The summed E-state index contributed by atoms with van der Waals surface area (Å²) in [6.45, 7) is 0.146. The van der Waals surface area contributed by atoms with E-state index >= 15 is 0 Å². The van der Waals surface area contributed by atoms with E-state index in [1.807, 2.05) is 18.2 Å². The number of benzene rings is 2. The van der Waals surface area contributed by atoms with E-state index in [2.05, 4.69) is 5.92 Å². The Hall–Kier alpha value is -2.95. The van der Waals surface area contributed by atoms with Crippen LogP contribution in [-0.2, 0) is 4.79 Å². The number of hydrogen-bond donors (Lipinski definition) is 0. The summed E-state index contributed by atoms with van der Waals surface area (Å²) in [5, 5.41) is 0. The molecule has 1 saturated heterocycles. The Morgan fingerprint density at radius 1 is 1.14 bits per heavy atom. The van der Waals surface area contributed by atoms with Gasteiger partial charge in [-0.1, -0.05) is 48.1 Å². The lowest BCUT2D eigenvalue weighted by molar-refractivity contribution is -0.113. The van der Waals surface area contributed by atoms with Crippen LogP contribution in [-0.4, -0.2) is 31.1 Å². The molecule has 1 aliphatic heterocycles. The van der Waals surface area contributed by atoms with Gasteiger partial charge in [-0.15, -0.1) is 6.42 Å². The van der Waals surface area contributed by atoms with Crippen LogP contribution in [0.2, 0.25) is 0 Å². The number of ether oxygens (including phenoxy) is 3. The van der Waals surface area contributed by atoms with Crippen molar-refractivity contribution < 1.29 is 19.0 Å². The molecule has 0 aromatic heterocycles. The largest absolute Gasteiger partial charge is 0.495 e. The summed E-state index contributed by atoms with van der Waals surface area (Å²) in [6, 6.07) is 12.6. The maximum Gasteiger partial charge on any atom is 0.270 e. The lowest BCUT2D eigenvalue weighted by atomic mass is 10.1. The average molecular weight is 412 g/mol. The van der Waals surface area contributed by atoms with E-state index in [4.69, 9.17) is 32.9 Å². The molecule has 2 aromatic carbocycles. The molecule has 0 atom stereocenters. The number of thiocarbonyl (C=S) groups is 1. The molecular weight excluding hydrogens is 394 g/mol. The Labute approximate surface area is 173 Å². The van der Waals surface area contributed by atoms with Gasteiger partial charge in [0.15, 0.2) is 15.8 Å². The summed E-state index contributed by atoms with van der Waals surface area (Å²) in [7, 11) is 3.10. The highest BCUT2D eigenvalue weighted by Gasteiger charge is 2.34. The predicted octanol–water partition coefficient (Wildman–Crippen LogP) is 4.12. The molecule has 0 bridgehead atoms. The zero-order valence-corrected chi connectivity index (χ0v) is 16.9. The van der Waals surface area contributed by atoms with Gasteiger partial charge in [0.05, 0.1) is 24.8 Å². The summed E-state index contributed by atoms with van der Waals surface area (Å²) in [5.41, 5.74) is 1.40. The van der Waals surface area contributed by atoms with E-state index in [0.717, 1.165) is 5.56 Å². The molecule has 0 N–H and O–H groups in total. The number of hydrogen-bond acceptors (Lipinski definition) is 6. The molecule has 142 valence electrons. The van der Waals surface area contributed by atoms with E-state index in [0.29, 0.717) is 32.2 Å². The molecule has 0 spiro atoms. The molecule has 1 aliphatic rings. The van der Waals surface area contributed by atoms with E-state index < -0.39 is 0 Å². The zero-order chi connectivity index (χ0) is 20.1. The third-order valence-corrected chi connectivity index (χ3v) is 5.22. The lowest BCUT2D eigenvalue weighted by Crippen LogP contribution is -2.27. The van der Waals surface area contributed by atoms with Gasteiger partial charge in [0.2, 0.25) is 0 Å². The number of carbonyl (C=O) groups is 1. The molecule has 2 aromatic rings. The third kappa shape index (κ3) is 3.98. The summed E-state index contributed by atoms with van der Waals surface area (Å²) < 4.78 is 16.6. The highest BCUT2D eigenvalue weighted by molar-refractivity contribution is 8.27. The van der Waals surface area contributed by atoms with Crippen LogP contribution in [0.15, 0.2) is 47.4 Å². The molecule has 7 heteroatoms. The molecule has 1 amide bonds. The number of amides is 1. The lowest BCUT2D eigenvalue weighted by Gasteiger charge is -2.17. The first-order valence-electron chi connectivity index (χ1n) is 8.24.